The Morgan fingerprint density at radius 1 is 0.950 bits per heavy atom. The summed E-state index contributed by atoms with van der Waals surface area (Å²) in [6, 6.07) is 10.8. The van der Waals surface area contributed by atoms with E-state index in [0.717, 1.165) is 44.0 Å². The molecule has 0 aliphatic carbocycles. The number of nitro benzene ring substituents is 1. The first-order valence-electron chi connectivity index (χ1n) is 13.6. The van der Waals surface area contributed by atoms with Crippen LogP contribution >= 0.6 is 22.6 Å². The third-order valence-corrected chi connectivity index (χ3v) is 18.0. The maximum atomic E-state index is 11.3. The van der Waals surface area contributed by atoms with Crippen LogP contribution in [0.2, 0.25) is 36.3 Å². The van der Waals surface area contributed by atoms with Crippen molar-refractivity contribution in [3.63, 3.8) is 0 Å². The normalized spacial score (nSPS) is 12.9. The molecule has 1 aromatic heterocycles. The molecule has 3 rings (SSSR count). The highest BCUT2D eigenvalue weighted by atomic mass is 127. The summed E-state index contributed by atoms with van der Waals surface area (Å²) in [5, 5.41) is 20.3. The van der Waals surface area contributed by atoms with Gasteiger partial charge in [0.2, 0.25) is 8.32 Å². The third kappa shape index (κ3) is 6.96. The number of non-ortho nitro benzene ring substituents is 1. The number of hydrogen-bond acceptors (Lipinski definition) is 6. The minimum absolute atomic E-state index is 0.000932. The molecule has 218 valence electrons. The van der Waals surface area contributed by atoms with Crippen molar-refractivity contribution in [1.82, 2.24) is 15.0 Å². The first-order chi connectivity index (χ1) is 18.3. The van der Waals surface area contributed by atoms with Crippen molar-refractivity contribution < 1.29 is 13.8 Å². The largest absolute Gasteiger partial charge is 0.543 e. The number of aromatic nitrogens is 3. The zero-order chi connectivity index (χ0) is 30.3. The van der Waals surface area contributed by atoms with Gasteiger partial charge in [0.25, 0.3) is 14.0 Å². The lowest BCUT2D eigenvalue weighted by Crippen LogP contribution is -2.44. The SMILES string of the molecule is CCc1cc(-c2nnn(Cc3cccc([N+](=O)[O-])c3)c2I)c(O[Si](C)(C)C(C)(C)C)cc1O[Si](C)(C)C(C)(C)C. The summed E-state index contributed by atoms with van der Waals surface area (Å²) >= 11 is 2.26. The lowest BCUT2D eigenvalue weighted by molar-refractivity contribution is -0.384. The maximum absolute atomic E-state index is 11.3. The van der Waals surface area contributed by atoms with Gasteiger partial charge in [0, 0.05) is 23.8 Å². The fraction of sp³-hybridized carbons (Fsp3) is 0.517. The Labute approximate surface area is 254 Å². The molecular formula is C29H43IN4O4Si2. The number of hydrogen-bond donors (Lipinski definition) is 0. The Kier molecular flexibility index (Phi) is 9.32. The van der Waals surface area contributed by atoms with E-state index in [1.165, 1.54) is 6.07 Å². The van der Waals surface area contributed by atoms with Gasteiger partial charge in [-0.3, -0.25) is 10.1 Å². The standard InChI is InChI=1S/C29H43IN4O4Si2/c1-12-21-17-23(26-27(30)33(32-31-26)19-20-14-13-15-22(16-20)34(35)36)25(38-40(10,11)29(5,6)7)18-24(21)37-39(8,9)28(2,3)4/h13-18H,12,19H2,1-11H3. The maximum Gasteiger partial charge on any atom is 0.269 e. The van der Waals surface area contributed by atoms with E-state index in [1.807, 2.05) is 6.07 Å². The lowest BCUT2D eigenvalue weighted by atomic mass is 10.0. The van der Waals surface area contributed by atoms with Gasteiger partial charge in [-0.15, -0.1) is 5.10 Å². The van der Waals surface area contributed by atoms with Crippen LogP contribution in [0.25, 0.3) is 11.3 Å². The van der Waals surface area contributed by atoms with Crippen LogP contribution in [0.4, 0.5) is 5.69 Å². The Balaban J connectivity index is 2.15. The van der Waals surface area contributed by atoms with E-state index in [4.69, 9.17) is 8.85 Å². The highest BCUT2D eigenvalue weighted by Gasteiger charge is 2.41. The minimum Gasteiger partial charge on any atom is -0.543 e. The second kappa shape index (κ2) is 11.6. The second-order valence-corrected chi connectivity index (χ2v) is 23.8. The molecule has 0 aliphatic rings. The molecule has 1 heterocycles. The first kappa shape index (κ1) is 32.3. The molecule has 0 N–H and O–H groups in total. The van der Waals surface area contributed by atoms with Gasteiger partial charge in [-0.2, -0.15) is 0 Å². The van der Waals surface area contributed by atoms with E-state index in [-0.39, 0.29) is 20.7 Å². The lowest BCUT2D eigenvalue weighted by Gasteiger charge is -2.39. The van der Waals surface area contributed by atoms with E-state index < -0.39 is 16.6 Å². The number of rotatable bonds is 9. The Hall–Kier alpha value is -2.26. The molecule has 8 nitrogen and oxygen atoms in total. The number of nitrogens with zero attached hydrogens (tertiary/aromatic N) is 4. The molecule has 0 amide bonds. The van der Waals surface area contributed by atoms with Crippen molar-refractivity contribution in [3.05, 3.63) is 61.3 Å². The second-order valence-electron chi connectivity index (χ2n) is 13.3. The Morgan fingerprint density at radius 3 is 2.05 bits per heavy atom. The van der Waals surface area contributed by atoms with Crippen LogP contribution in [0, 0.1) is 13.8 Å². The van der Waals surface area contributed by atoms with Gasteiger partial charge in [-0.25, -0.2) is 4.68 Å². The van der Waals surface area contributed by atoms with Crippen LogP contribution in [0.1, 0.15) is 59.6 Å². The average Bonchev–Trinajstić information content (AvgIpc) is 3.17. The highest BCUT2D eigenvalue weighted by Crippen LogP contribution is 2.45. The van der Waals surface area contributed by atoms with Crippen LogP contribution in [-0.2, 0) is 13.0 Å². The molecule has 0 radical (unpaired) electrons. The van der Waals surface area contributed by atoms with Crippen LogP contribution in [0.5, 0.6) is 11.5 Å². The highest BCUT2D eigenvalue weighted by molar-refractivity contribution is 14.1. The van der Waals surface area contributed by atoms with E-state index in [9.17, 15) is 10.1 Å². The topological polar surface area (TPSA) is 92.3 Å². The van der Waals surface area contributed by atoms with E-state index >= 15 is 0 Å². The monoisotopic (exact) mass is 694 g/mol. The molecule has 0 spiro atoms. The molecule has 0 atom stereocenters. The van der Waals surface area contributed by atoms with Crippen molar-refractivity contribution in [3.8, 4) is 22.8 Å². The van der Waals surface area contributed by atoms with E-state index in [1.54, 1.807) is 16.8 Å². The van der Waals surface area contributed by atoms with Gasteiger partial charge in [-0.1, -0.05) is 65.8 Å². The Morgan fingerprint density at radius 2 is 1.52 bits per heavy atom. The van der Waals surface area contributed by atoms with E-state index in [0.29, 0.717) is 6.54 Å². The molecule has 0 unspecified atom stereocenters. The summed E-state index contributed by atoms with van der Waals surface area (Å²) in [7, 11) is -4.31. The molecule has 0 saturated carbocycles. The molecule has 3 aromatic rings. The fourth-order valence-electron chi connectivity index (χ4n) is 3.61. The van der Waals surface area contributed by atoms with Gasteiger partial charge < -0.3 is 8.85 Å². The van der Waals surface area contributed by atoms with Crippen molar-refractivity contribution in [2.24, 2.45) is 0 Å². The molecule has 0 saturated heterocycles. The first-order valence-corrected chi connectivity index (χ1v) is 20.5. The predicted molar refractivity (Wildman–Crippen MR) is 175 cm³/mol. The van der Waals surface area contributed by atoms with Gasteiger partial charge in [-0.05, 0) is 82.5 Å². The zero-order valence-corrected chi connectivity index (χ0v) is 29.8. The van der Waals surface area contributed by atoms with Crippen molar-refractivity contribution in [2.75, 3.05) is 0 Å². The summed E-state index contributed by atoms with van der Waals surface area (Å²) in [4.78, 5) is 10.9. The van der Waals surface area contributed by atoms with Gasteiger partial charge >= 0.3 is 0 Å². The number of benzene rings is 2. The Bertz CT molecular complexity index is 1390. The zero-order valence-electron chi connectivity index (χ0n) is 25.7. The van der Waals surface area contributed by atoms with Crippen LogP contribution in [0.15, 0.2) is 36.4 Å². The van der Waals surface area contributed by atoms with Gasteiger partial charge in [0.05, 0.1) is 11.5 Å². The quantitative estimate of drug-likeness (QED) is 0.0962. The van der Waals surface area contributed by atoms with Crippen molar-refractivity contribution in [2.45, 2.75) is 97.7 Å². The summed E-state index contributed by atoms with van der Waals surface area (Å²) in [6.07, 6.45) is 0.801. The molecular weight excluding hydrogens is 651 g/mol. The number of nitro groups is 1. The summed E-state index contributed by atoms with van der Waals surface area (Å²) in [5.41, 5.74) is 3.56. The summed E-state index contributed by atoms with van der Waals surface area (Å²) in [5.74, 6) is 1.64. The minimum atomic E-state index is -2.21. The van der Waals surface area contributed by atoms with Crippen LogP contribution in [0.3, 0.4) is 0 Å². The molecule has 0 fully saturated rings. The van der Waals surface area contributed by atoms with Crippen LogP contribution in [-0.4, -0.2) is 36.6 Å². The molecule has 0 aliphatic heterocycles. The number of halogens is 1. The van der Waals surface area contributed by atoms with Gasteiger partial charge in [0.1, 0.15) is 20.9 Å². The summed E-state index contributed by atoms with van der Waals surface area (Å²) < 4.78 is 16.4. The van der Waals surface area contributed by atoms with Crippen LogP contribution < -0.4 is 8.85 Å². The molecule has 11 heteroatoms. The number of aryl methyl sites for hydroxylation is 1. The van der Waals surface area contributed by atoms with Crippen molar-refractivity contribution >= 4 is 44.9 Å². The third-order valence-electron chi connectivity index (χ3n) is 8.27. The van der Waals surface area contributed by atoms with E-state index in [2.05, 4.69) is 120 Å². The van der Waals surface area contributed by atoms with Gasteiger partial charge in [0.15, 0.2) is 0 Å². The fourth-order valence-corrected chi connectivity index (χ4v) is 6.35. The average molecular weight is 695 g/mol. The molecule has 2 aromatic carbocycles. The molecule has 0 bridgehead atoms. The summed E-state index contributed by atoms with van der Waals surface area (Å²) in [6.45, 7) is 24.9. The molecule has 40 heavy (non-hydrogen) atoms. The predicted octanol–water partition coefficient (Wildman–Crippen LogP) is 8.84. The van der Waals surface area contributed by atoms with Crippen molar-refractivity contribution in [1.29, 1.82) is 0 Å². The smallest absolute Gasteiger partial charge is 0.269 e.